The Morgan fingerprint density at radius 2 is 2.18 bits per heavy atom. The fraction of sp³-hybridized carbons (Fsp3) is 0.381. The van der Waals surface area contributed by atoms with Gasteiger partial charge in [-0.3, -0.25) is 9.59 Å². The number of hydrogen-bond donors (Lipinski definition) is 2. The van der Waals surface area contributed by atoms with Gasteiger partial charge >= 0.3 is 0 Å². The summed E-state index contributed by atoms with van der Waals surface area (Å²) >= 11 is 3.27. The molecule has 28 heavy (non-hydrogen) atoms. The van der Waals surface area contributed by atoms with Gasteiger partial charge in [0.2, 0.25) is 5.91 Å². The number of benzene rings is 1. The third kappa shape index (κ3) is 4.00. The zero-order valence-corrected chi connectivity index (χ0v) is 17.7. The number of thiophene rings is 1. The van der Waals surface area contributed by atoms with Gasteiger partial charge in [0, 0.05) is 22.7 Å². The molecule has 1 aliphatic rings. The van der Waals surface area contributed by atoms with Crippen LogP contribution >= 0.6 is 23.1 Å². The van der Waals surface area contributed by atoms with Gasteiger partial charge in [0.1, 0.15) is 10.7 Å². The minimum atomic E-state index is -0.0207. The highest BCUT2D eigenvalue weighted by atomic mass is 32.2. The van der Waals surface area contributed by atoms with E-state index in [2.05, 4.69) is 15.3 Å². The Morgan fingerprint density at radius 3 is 3.04 bits per heavy atom. The number of aromatic amines is 1. The van der Waals surface area contributed by atoms with Gasteiger partial charge in [-0.15, -0.1) is 11.3 Å². The van der Waals surface area contributed by atoms with E-state index in [0.717, 1.165) is 46.3 Å². The van der Waals surface area contributed by atoms with Crippen molar-refractivity contribution >= 4 is 44.9 Å². The second-order valence-corrected chi connectivity index (χ2v) is 9.41. The van der Waals surface area contributed by atoms with Crippen molar-refractivity contribution in [3.63, 3.8) is 0 Å². The third-order valence-electron chi connectivity index (χ3n) is 5.00. The molecule has 1 amide bonds. The van der Waals surface area contributed by atoms with Crippen LogP contribution in [0.15, 0.2) is 23.0 Å². The summed E-state index contributed by atoms with van der Waals surface area (Å²) in [5, 5.41) is 3.77. The molecule has 1 aliphatic carbocycles. The van der Waals surface area contributed by atoms with Crippen molar-refractivity contribution in [1.29, 1.82) is 0 Å². The lowest BCUT2D eigenvalue weighted by atomic mass is 10.1. The number of aryl methyl sites for hydroxylation is 4. The molecule has 0 aliphatic heterocycles. The number of nitrogens with one attached hydrogen (secondary N) is 2. The maximum Gasteiger partial charge on any atom is 0.259 e. The largest absolute Gasteiger partial charge is 0.326 e. The number of carbonyl (C=O) groups is 1. The number of aromatic nitrogens is 2. The molecule has 5 nitrogen and oxygen atoms in total. The standard InChI is InChI=1S/C21H23N3O2S2/c1-12-6-7-13(2)15(10-12)22-18(25)8-9-27-11-17-23-20(26)19-14-4-3-5-16(14)28-21(19)24-17/h6-7,10H,3-5,8-9,11H2,1-2H3,(H,22,25)(H,23,24,26). The van der Waals surface area contributed by atoms with E-state index in [1.165, 1.54) is 10.4 Å². The van der Waals surface area contributed by atoms with Gasteiger partial charge < -0.3 is 10.3 Å². The van der Waals surface area contributed by atoms with Crippen LogP contribution < -0.4 is 10.9 Å². The summed E-state index contributed by atoms with van der Waals surface area (Å²) in [4.78, 5) is 34.4. The van der Waals surface area contributed by atoms with Crippen LogP contribution in [0, 0.1) is 13.8 Å². The molecule has 0 saturated heterocycles. The smallest absolute Gasteiger partial charge is 0.259 e. The second kappa shape index (κ2) is 8.09. The van der Waals surface area contributed by atoms with Crippen LogP contribution in [0.25, 0.3) is 10.2 Å². The number of carbonyl (C=O) groups excluding carboxylic acids is 1. The lowest BCUT2D eigenvalue weighted by Crippen LogP contribution is -2.14. The minimum Gasteiger partial charge on any atom is -0.326 e. The molecule has 2 N–H and O–H groups in total. The first kappa shape index (κ1) is 19.2. The fourth-order valence-corrected chi connectivity index (χ4v) is 5.62. The number of fused-ring (bicyclic) bond motifs is 3. The number of thioether (sulfide) groups is 1. The first-order chi connectivity index (χ1) is 13.5. The van der Waals surface area contributed by atoms with Crippen molar-refractivity contribution in [1.82, 2.24) is 9.97 Å². The van der Waals surface area contributed by atoms with E-state index in [9.17, 15) is 9.59 Å². The quantitative estimate of drug-likeness (QED) is 0.589. The highest BCUT2D eigenvalue weighted by molar-refractivity contribution is 7.98. The van der Waals surface area contributed by atoms with Gasteiger partial charge in [-0.2, -0.15) is 11.8 Å². The van der Waals surface area contributed by atoms with Gasteiger partial charge in [-0.25, -0.2) is 4.98 Å². The van der Waals surface area contributed by atoms with E-state index in [4.69, 9.17) is 0 Å². The summed E-state index contributed by atoms with van der Waals surface area (Å²) in [6.45, 7) is 4.00. The van der Waals surface area contributed by atoms with E-state index >= 15 is 0 Å². The lowest BCUT2D eigenvalue weighted by Gasteiger charge is -2.09. The Hall–Kier alpha value is -2.12. The van der Waals surface area contributed by atoms with Gasteiger partial charge in [0.15, 0.2) is 0 Å². The van der Waals surface area contributed by atoms with E-state index in [1.54, 1.807) is 23.1 Å². The van der Waals surface area contributed by atoms with Crippen molar-refractivity contribution in [2.24, 2.45) is 0 Å². The molecule has 7 heteroatoms. The summed E-state index contributed by atoms with van der Waals surface area (Å²) in [7, 11) is 0. The molecule has 0 atom stereocenters. The van der Waals surface area contributed by atoms with Crippen LogP contribution in [0.4, 0.5) is 5.69 Å². The molecule has 4 rings (SSSR count). The monoisotopic (exact) mass is 413 g/mol. The number of amides is 1. The fourth-order valence-electron chi connectivity index (χ4n) is 3.53. The van der Waals surface area contributed by atoms with Crippen LogP contribution in [-0.4, -0.2) is 21.6 Å². The van der Waals surface area contributed by atoms with Crippen molar-refractivity contribution in [2.75, 3.05) is 11.1 Å². The Balaban J connectivity index is 1.32. The van der Waals surface area contributed by atoms with Crippen LogP contribution in [0.3, 0.4) is 0 Å². The average molecular weight is 414 g/mol. The Morgan fingerprint density at radius 1 is 1.32 bits per heavy atom. The molecule has 0 saturated carbocycles. The third-order valence-corrected chi connectivity index (χ3v) is 7.16. The number of hydrogen-bond acceptors (Lipinski definition) is 5. The molecule has 0 spiro atoms. The molecular formula is C21H23N3O2S2. The van der Waals surface area contributed by atoms with Gasteiger partial charge in [0.25, 0.3) is 5.56 Å². The van der Waals surface area contributed by atoms with E-state index in [-0.39, 0.29) is 11.5 Å². The predicted molar refractivity (Wildman–Crippen MR) is 118 cm³/mol. The first-order valence-corrected chi connectivity index (χ1v) is 11.5. The Kier molecular flexibility index (Phi) is 5.55. The first-order valence-electron chi connectivity index (χ1n) is 9.49. The summed E-state index contributed by atoms with van der Waals surface area (Å²) in [5.74, 6) is 1.98. The zero-order chi connectivity index (χ0) is 19.7. The molecule has 2 aromatic heterocycles. The minimum absolute atomic E-state index is 0.00721. The molecule has 3 aromatic rings. The number of anilines is 1. The van der Waals surface area contributed by atoms with Gasteiger partial charge in [-0.05, 0) is 55.9 Å². The highest BCUT2D eigenvalue weighted by Crippen LogP contribution is 2.34. The lowest BCUT2D eigenvalue weighted by molar-refractivity contribution is -0.115. The summed E-state index contributed by atoms with van der Waals surface area (Å²) in [6.07, 6.45) is 3.62. The van der Waals surface area contributed by atoms with E-state index < -0.39 is 0 Å². The molecule has 0 unspecified atom stereocenters. The predicted octanol–water partition coefficient (Wildman–Crippen LogP) is 4.35. The topological polar surface area (TPSA) is 74.8 Å². The summed E-state index contributed by atoms with van der Waals surface area (Å²) in [5.41, 5.74) is 4.24. The van der Waals surface area contributed by atoms with Crippen molar-refractivity contribution in [3.05, 3.63) is 55.9 Å². The Labute approximate surface area is 172 Å². The van der Waals surface area contributed by atoms with Crippen molar-refractivity contribution in [3.8, 4) is 0 Å². The van der Waals surface area contributed by atoms with Crippen LogP contribution in [-0.2, 0) is 23.4 Å². The summed E-state index contributed by atoms with van der Waals surface area (Å²) in [6, 6.07) is 6.04. The second-order valence-electron chi connectivity index (χ2n) is 7.22. The molecule has 2 heterocycles. The number of nitrogens with zero attached hydrogens (tertiary/aromatic N) is 1. The molecule has 1 aromatic carbocycles. The SMILES string of the molecule is Cc1ccc(C)c(NC(=O)CCSCc2nc3sc4c(c3c(=O)[nH]2)CCC4)c1. The Bertz CT molecular complexity index is 1100. The van der Waals surface area contributed by atoms with E-state index in [1.807, 2.05) is 32.0 Å². The maximum atomic E-state index is 12.5. The van der Waals surface area contributed by atoms with Gasteiger partial charge in [-0.1, -0.05) is 12.1 Å². The molecule has 0 fully saturated rings. The van der Waals surface area contributed by atoms with Crippen LogP contribution in [0.2, 0.25) is 0 Å². The molecule has 146 valence electrons. The summed E-state index contributed by atoms with van der Waals surface area (Å²) < 4.78 is 0. The average Bonchev–Trinajstić information content (AvgIpc) is 3.22. The normalized spacial score (nSPS) is 13.1. The van der Waals surface area contributed by atoms with Gasteiger partial charge in [0.05, 0.1) is 11.1 Å². The molecular weight excluding hydrogens is 390 g/mol. The highest BCUT2D eigenvalue weighted by Gasteiger charge is 2.21. The van der Waals surface area contributed by atoms with E-state index in [0.29, 0.717) is 23.8 Å². The number of H-pyrrole nitrogens is 1. The van der Waals surface area contributed by atoms with Crippen LogP contribution in [0.1, 0.15) is 40.2 Å². The maximum absolute atomic E-state index is 12.5. The molecule has 0 bridgehead atoms. The van der Waals surface area contributed by atoms with Crippen LogP contribution in [0.5, 0.6) is 0 Å². The zero-order valence-electron chi connectivity index (χ0n) is 16.1. The van der Waals surface area contributed by atoms with Crippen molar-refractivity contribution in [2.45, 2.75) is 45.3 Å². The van der Waals surface area contributed by atoms with Crippen molar-refractivity contribution < 1.29 is 4.79 Å². The number of rotatable bonds is 6. The molecule has 0 radical (unpaired) electrons.